The number of amides is 1. The van der Waals surface area contributed by atoms with Gasteiger partial charge in [0.1, 0.15) is 0 Å². The number of carbonyl (C=O) groups excluding carboxylic acids is 1. The number of alkyl halides is 3. The van der Waals surface area contributed by atoms with E-state index in [2.05, 4.69) is 0 Å². The van der Waals surface area contributed by atoms with Crippen LogP contribution in [0, 0.1) is 0 Å². The number of carbonyl (C=O) groups is 1. The van der Waals surface area contributed by atoms with Crippen molar-refractivity contribution in [1.29, 1.82) is 0 Å². The Morgan fingerprint density at radius 3 is 2.08 bits per heavy atom. The summed E-state index contributed by atoms with van der Waals surface area (Å²) in [4.78, 5) is 10.3. The summed E-state index contributed by atoms with van der Waals surface area (Å²) in [7, 11) is -5.51. The molecule has 0 aromatic carbocycles. The lowest BCUT2D eigenvalue weighted by molar-refractivity contribution is -0.119. The molecule has 1 amide bonds. The SMILES string of the molecule is CCC(=O)NS(=O)(=O)C(F)(F)F. The summed E-state index contributed by atoms with van der Waals surface area (Å²) in [6, 6.07) is 0. The number of sulfonamides is 1. The van der Waals surface area contributed by atoms with Crippen LogP contribution in [0.25, 0.3) is 0 Å². The molecule has 0 spiro atoms. The van der Waals surface area contributed by atoms with E-state index in [0.29, 0.717) is 0 Å². The first-order valence-corrected chi connectivity index (χ1v) is 4.31. The second-order valence-electron chi connectivity index (χ2n) is 1.83. The molecule has 0 heterocycles. The summed E-state index contributed by atoms with van der Waals surface area (Å²) in [5.41, 5.74) is -5.43. The summed E-state index contributed by atoms with van der Waals surface area (Å²) in [6.07, 6.45) is -0.324. The molecule has 12 heavy (non-hydrogen) atoms. The molecule has 0 aliphatic carbocycles. The van der Waals surface area contributed by atoms with E-state index in [0.717, 1.165) is 4.72 Å². The first kappa shape index (κ1) is 11.2. The van der Waals surface area contributed by atoms with E-state index >= 15 is 0 Å². The van der Waals surface area contributed by atoms with Gasteiger partial charge in [0, 0.05) is 6.42 Å². The molecule has 0 atom stereocenters. The van der Waals surface area contributed by atoms with Crippen LogP contribution in [-0.4, -0.2) is 19.8 Å². The maximum atomic E-state index is 11.5. The average Bonchev–Trinajstić information content (AvgIpc) is 1.84. The Bertz CT molecular complexity index is 268. The van der Waals surface area contributed by atoms with Crippen molar-refractivity contribution in [2.24, 2.45) is 0 Å². The Labute approximate surface area is 66.8 Å². The Kier molecular flexibility index (Phi) is 3.08. The molecule has 0 aliphatic rings. The predicted octanol–water partition coefficient (Wildman–Crippen LogP) is 0.362. The summed E-state index contributed by atoms with van der Waals surface area (Å²) >= 11 is 0. The minimum atomic E-state index is -5.51. The third-order valence-electron chi connectivity index (χ3n) is 0.874. The molecule has 0 fully saturated rings. The highest BCUT2D eigenvalue weighted by Gasteiger charge is 2.46. The number of hydrogen-bond donors (Lipinski definition) is 1. The van der Waals surface area contributed by atoms with Gasteiger partial charge in [0.25, 0.3) is 0 Å². The van der Waals surface area contributed by atoms with Crippen molar-refractivity contribution in [3.63, 3.8) is 0 Å². The first-order chi connectivity index (χ1) is 5.20. The Balaban J connectivity index is 4.58. The lowest BCUT2D eigenvalue weighted by atomic mass is 10.5. The van der Waals surface area contributed by atoms with E-state index in [1.165, 1.54) is 6.92 Å². The zero-order chi connectivity index (χ0) is 9.99. The second-order valence-corrected chi connectivity index (χ2v) is 3.50. The molecule has 0 unspecified atom stereocenters. The van der Waals surface area contributed by atoms with Crippen molar-refractivity contribution in [2.45, 2.75) is 18.9 Å². The van der Waals surface area contributed by atoms with Crippen LogP contribution >= 0.6 is 0 Å². The number of halogens is 3. The normalized spacial score (nSPS) is 12.7. The molecule has 0 saturated heterocycles. The van der Waals surface area contributed by atoms with Crippen molar-refractivity contribution in [1.82, 2.24) is 4.72 Å². The fraction of sp³-hybridized carbons (Fsp3) is 0.750. The number of nitrogens with one attached hydrogen (secondary N) is 1. The molecule has 1 N–H and O–H groups in total. The van der Waals surface area contributed by atoms with Gasteiger partial charge < -0.3 is 0 Å². The van der Waals surface area contributed by atoms with Gasteiger partial charge in [-0.1, -0.05) is 6.92 Å². The average molecular weight is 205 g/mol. The lowest BCUT2D eigenvalue weighted by Gasteiger charge is -2.07. The zero-order valence-corrected chi connectivity index (χ0v) is 6.79. The second kappa shape index (κ2) is 3.30. The predicted molar refractivity (Wildman–Crippen MR) is 33.4 cm³/mol. The molecular weight excluding hydrogens is 199 g/mol. The molecule has 72 valence electrons. The summed E-state index contributed by atoms with van der Waals surface area (Å²) in [5.74, 6) is -1.19. The largest absolute Gasteiger partial charge is 0.516 e. The third kappa shape index (κ3) is 2.68. The van der Waals surface area contributed by atoms with Crippen LogP contribution in [0.5, 0.6) is 0 Å². The van der Waals surface area contributed by atoms with Crippen molar-refractivity contribution < 1.29 is 26.4 Å². The lowest BCUT2D eigenvalue weighted by Crippen LogP contribution is -2.39. The molecule has 0 radical (unpaired) electrons. The van der Waals surface area contributed by atoms with Crippen LogP contribution in [0.15, 0.2) is 0 Å². The smallest absolute Gasteiger partial charge is 0.274 e. The Morgan fingerprint density at radius 1 is 1.42 bits per heavy atom. The van der Waals surface area contributed by atoms with Gasteiger partial charge in [-0.05, 0) is 0 Å². The van der Waals surface area contributed by atoms with E-state index in [-0.39, 0.29) is 6.42 Å². The van der Waals surface area contributed by atoms with E-state index in [4.69, 9.17) is 0 Å². The minimum absolute atomic E-state index is 0.324. The summed E-state index contributed by atoms with van der Waals surface area (Å²) < 4.78 is 55.8. The minimum Gasteiger partial charge on any atom is -0.274 e. The zero-order valence-electron chi connectivity index (χ0n) is 5.97. The van der Waals surface area contributed by atoms with Gasteiger partial charge in [0.05, 0.1) is 0 Å². The Hall–Kier alpha value is -0.790. The van der Waals surface area contributed by atoms with Gasteiger partial charge in [0.2, 0.25) is 5.91 Å². The maximum absolute atomic E-state index is 11.5. The van der Waals surface area contributed by atoms with Crippen LogP contribution < -0.4 is 4.72 Å². The highest BCUT2D eigenvalue weighted by molar-refractivity contribution is 7.90. The van der Waals surface area contributed by atoms with E-state index in [1.807, 2.05) is 0 Å². The molecule has 0 aromatic heterocycles. The van der Waals surface area contributed by atoms with E-state index in [1.54, 1.807) is 0 Å². The van der Waals surface area contributed by atoms with Crippen LogP contribution in [-0.2, 0) is 14.8 Å². The fourth-order valence-corrected chi connectivity index (χ4v) is 0.840. The van der Waals surface area contributed by atoms with Gasteiger partial charge >= 0.3 is 15.5 Å². The molecule has 0 rings (SSSR count). The maximum Gasteiger partial charge on any atom is 0.516 e. The van der Waals surface area contributed by atoms with E-state index in [9.17, 15) is 26.4 Å². The van der Waals surface area contributed by atoms with Gasteiger partial charge in [-0.3, -0.25) is 4.79 Å². The van der Waals surface area contributed by atoms with Crippen LogP contribution in [0.3, 0.4) is 0 Å². The van der Waals surface area contributed by atoms with Crippen molar-refractivity contribution in [3.05, 3.63) is 0 Å². The van der Waals surface area contributed by atoms with Crippen molar-refractivity contribution in [3.8, 4) is 0 Å². The number of hydrogen-bond acceptors (Lipinski definition) is 3. The monoisotopic (exact) mass is 205 g/mol. The molecule has 0 aromatic rings. The Morgan fingerprint density at radius 2 is 1.83 bits per heavy atom. The highest BCUT2D eigenvalue weighted by Crippen LogP contribution is 2.21. The molecule has 0 bridgehead atoms. The number of rotatable bonds is 2. The topological polar surface area (TPSA) is 63.2 Å². The first-order valence-electron chi connectivity index (χ1n) is 2.82. The van der Waals surface area contributed by atoms with Gasteiger partial charge in [-0.25, -0.2) is 4.72 Å². The fourth-order valence-electron chi connectivity index (χ4n) is 0.280. The summed E-state index contributed by atoms with van der Waals surface area (Å²) in [6.45, 7) is 1.24. The standard InChI is InChI=1S/C4H6F3NO3S/c1-2-3(9)8-12(10,11)4(5,6)7/h2H2,1H3,(H,8,9). The van der Waals surface area contributed by atoms with E-state index < -0.39 is 21.4 Å². The van der Waals surface area contributed by atoms with Crippen LogP contribution in [0.4, 0.5) is 13.2 Å². The molecule has 0 aliphatic heterocycles. The van der Waals surface area contributed by atoms with Gasteiger partial charge in [-0.2, -0.15) is 21.6 Å². The van der Waals surface area contributed by atoms with Gasteiger partial charge in [-0.15, -0.1) is 0 Å². The summed E-state index contributed by atoms with van der Waals surface area (Å²) in [5, 5.41) is 0. The molecule has 0 saturated carbocycles. The van der Waals surface area contributed by atoms with Crippen LogP contribution in [0.2, 0.25) is 0 Å². The quantitative estimate of drug-likeness (QED) is 0.708. The molecule has 4 nitrogen and oxygen atoms in total. The van der Waals surface area contributed by atoms with Crippen LogP contribution in [0.1, 0.15) is 13.3 Å². The van der Waals surface area contributed by atoms with Gasteiger partial charge in [0.15, 0.2) is 0 Å². The van der Waals surface area contributed by atoms with Crippen molar-refractivity contribution in [2.75, 3.05) is 0 Å². The molecular formula is C4H6F3NO3S. The van der Waals surface area contributed by atoms with Crippen molar-refractivity contribution >= 4 is 15.9 Å². The third-order valence-corrected chi connectivity index (χ3v) is 1.98. The highest BCUT2D eigenvalue weighted by atomic mass is 32.2. The molecule has 8 heteroatoms.